The molecule has 1 aromatic heterocycles. The summed E-state index contributed by atoms with van der Waals surface area (Å²) in [4.78, 5) is 17.3. The van der Waals surface area contributed by atoms with Crippen LogP contribution >= 0.6 is 11.6 Å². The number of hydrogen-bond donors (Lipinski definition) is 1. The quantitative estimate of drug-likeness (QED) is 0.907. The number of fused-ring (bicyclic) bond motifs is 1. The first-order chi connectivity index (χ1) is 11.6. The highest BCUT2D eigenvalue weighted by Gasteiger charge is 2.33. The van der Waals surface area contributed by atoms with Gasteiger partial charge in [-0.25, -0.2) is 0 Å². The first kappa shape index (κ1) is 15.9. The van der Waals surface area contributed by atoms with Crippen LogP contribution in [0.2, 0.25) is 5.02 Å². The first-order valence-corrected chi connectivity index (χ1v) is 8.94. The van der Waals surface area contributed by atoms with Gasteiger partial charge in [-0.2, -0.15) is 0 Å². The van der Waals surface area contributed by atoms with Crippen molar-refractivity contribution in [3.8, 4) is 0 Å². The number of nitrogens with one attached hydrogen (secondary N) is 1. The lowest BCUT2D eigenvalue weighted by Gasteiger charge is -2.32. The molecule has 5 nitrogen and oxygen atoms in total. The summed E-state index contributed by atoms with van der Waals surface area (Å²) >= 11 is 6.20. The van der Waals surface area contributed by atoms with E-state index in [0.29, 0.717) is 22.4 Å². The molecule has 0 bridgehead atoms. The molecular weight excluding hydrogens is 326 g/mol. The van der Waals surface area contributed by atoms with E-state index in [1.807, 2.05) is 24.0 Å². The van der Waals surface area contributed by atoms with E-state index in [9.17, 15) is 4.79 Å². The Kier molecular flexibility index (Phi) is 4.24. The summed E-state index contributed by atoms with van der Waals surface area (Å²) in [6.45, 7) is 7.69. The van der Waals surface area contributed by atoms with Crippen molar-refractivity contribution in [3.63, 3.8) is 0 Å². The second-order valence-electron chi connectivity index (χ2n) is 6.65. The molecule has 0 saturated carbocycles. The van der Waals surface area contributed by atoms with Crippen LogP contribution in [0.15, 0.2) is 22.6 Å². The molecule has 0 spiro atoms. The van der Waals surface area contributed by atoms with Crippen molar-refractivity contribution in [2.75, 3.05) is 39.3 Å². The van der Waals surface area contributed by atoms with Gasteiger partial charge in [0.05, 0.1) is 5.02 Å². The van der Waals surface area contributed by atoms with Crippen molar-refractivity contribution in [1.82, 2.24) is 15.1 Å². The lowest BCUT2D eigenvalue weighted by atomic mass is 10.1. The number of benzene rings is 1. The van der Waals surface area contributed by atoms with Gasteiger partial charge in [0.25, 0.3) is 5.91 Å². The van der Waals surface area contributed by atoms with Gasteiger partial charge in [0.15, 0.2) is 11.3 Å². The Bertz CT molecular complexity index is 767. The standard InChI is InChI=1S/C18H22ClN3O2/c1-12-14-3-2-4-15(19)17(14)24-16(12)18(23)22-8-5-13(11-22)21-9-6-20-7-10-21/h2-4,13,20H,5-11H2,1H3. The van der Waals surface area contributed by atoms with E-state index in [1.165, 1.54) is 0 Å². The van der Waals surface area contributed by atoms with Crippen LogP contribution < -0.4 is 5.32 Å². The third-order valence-corrected chi connectivity index (χ3v) is 5.53. The summed E-state index contributed by atoms with van der Waals surface area (Å²) in [5.41, 5.74) is 1.49. The van der Waals surface area contributed by atoms with Crippen molar-refractivity contribution in [2.24, 2.45) is 0 Å². The molecule has 4 rings (SSSR count). The second-order valence-corrected chi connectivity index (χ2v) is 7.06. The van der Waals surface area contributed by atoms with E-state index in [0.717, 1.165) is 56.6 Å². The number of likely N-dealkylation sites (tertiary alicyclic amines) is 1. The van der Waals surface area contributed by atoms with Crippen molar-refractivity contribution < 1.29 is 9.21 Å². The summed E-state index contributed by atoms with van der Waals surface area (Å²) in [5.74, 6) is 0.413. The van der Waals surface area contributed by atoms with Gasteiger partial charge in [-0.15, -0.1) is 0 Å². The predicted octanol–water partition coefficient (Wildman–Crippen LogP) is 2.51. The molecule has 1 atom stereocenters. The summed E-state index contributed by atoms with van der Waals surface area (Å²) in [6, 6.07) is 6.09. The van der Waals surface area contributed by atoms with Crippen LogP contribution in [0.4, 0.5) is 0 Å². The SMILES string of the molecule is Cc1c(C(=O)N2CCC(N3CCNCC3)C2)oc2c(Cl)cccc12. The zero-order chi connectivity index (χ0) is 16.7. The molecule has 1 unspecified atom stereocenters. The molecule has 0 aliphatic carbocycles. The summed E-state index contributed by atoms with van der Waals surface area (Å²) in [6.07, 6.45) is 1.03. The molecule has 1 N–H and O–H groups in total. The van der Waals surface area contributed by atoms with Crippen LogP contribution in [0.5, 0.6) is 0 Å². The number of carbonyl (C=O) groups excluding carboxylic acids is 1. The van der Waals surface area contributed by atoms with Gasteiger partial charge in [0, 0.05) is 56.3 Å². The number of carbonyl (C=O) groups is 1. The van der Waals surface area contributed by atoms with Crippen LogP contribution in [0.3, 0.4) is 0 Å². The normalized spacial score (nSPS) is 22.4. The number of amides is 1. The molecule has 3 heterocycles. The van der Waals surface area contributed by atoms with E-state index in [4.69, 9.17) is 16.0 Å². The molecular formula is C18H22ClN3O2. The van der Waals surface area contributed by atoms with Crippen molar-refractivity contribution in [1.29, 1.82) is 0 Å². The Morgan fingerprint density at radius 1 is 1.29 bits per heavy atom. The first-order valence-electron chi connectivity index (χ1n) is 8.57. The fourth-order valence-corrected chi connectivity index (χ4v) is 4.04. The predicted molar refractivity (Wildman–Crippen MR) is 94.7 cm³/mol. The Morgan fingerprint density at radius 3 is 2.83 bits per heavy atom. The molecule has 128 valence electrons. The topological polar surface area (TPSA) is 48.7 Å². The molecule has 0 radical (unpaired) electrons. The van der Waals surface area contributed by atoms with Gasteiger partial charge in [0.1, 0.15) is 0 Å². The van der Waals surface area contributed by atoms with Crippen LogP contribution in [0, 0.1) is 6.92 Å². The fraction of sp³-hybridized carbons (Fsp3) is 0.500. The third-order valence-electron chi connectivity index (χ3n) is 5.23. The minimum Gasteiger partial charge on any atom is -0.449 e. The van der Waals surface area contributed by atoms with Crippen LogP contribution in [0.25, 0.3) is 11.0 Å². The van der Waals surface area contributed by atoms with Gasteiger partial charge in [-0.1, -0.05) is 23.7 Å². The lowest BCUT2D eigenvalue weighted by molar-refractivity contribution is 0.0743. The number of furan rings is 1. The zero-order valence-corrected chi connectivity index (χ0v) is 14.6. The molecule has 2 aliphatic rings. The Morgan fingerprint density at radius 2 is 2.08 bits per heavy atom. The van der Waals surface area contributed by atoms with Crippen LogP contribution in [-0.2, 0) is 0 Å². The maximum Gasteiger partial charge on any atom is 0.289 e. The molecule has 1 aromatic carbocycles. The Labute approximate surface area is 146 Å². The summed E-state index contributed by atoms with van der Waals surface area (Å²) in [5, 5.41) is 4.85. The van der Waals surface area contributed by atoms with E-state index in [-0.39, 0.29) is 5.91 Å². The van der Waals surface area contributed by atoms with Crippen molar-refractivity contribution >= 4 is 28.5 Å². The number of aryl methyl sites for hydroxylation is 1. The monoisotopic (exact) mass is 347 g/mol. The molecule has 2 saturated heterocycles. The number of halogens is 1. The van der Waals surface area contributed by atoms with E-state index in [1.54, 1.807) is 6.07 Å². The minimum absolute atomic E-state index is 0.0163. The second kappa shape index (κ2) is 6.39. The number of nitrogens with zero attached hydrogens (tertiary/aromatic N) is 2. The van der Waals surface area contributed by atoms with Crippen molar-refractivity contribution in [3.05, 3.63) is 34.5 Å². The van der Waals surface area contributed by atoms with E-state index < -0.39 is 0 Å². The van der Waals surface area contributed by atoms with E-state index in [2.05, 4.69) is 10.2 Å². The number of piperazine rings is 1. The lowest BCUT2D eigenvalue weighted by Crippen LogP contribution is -2.49. The minimum atomic E-state index is -0.0163. The molecule has 1 amide bonds. The maximum absolute atomic E-state index is 12.9. The fourth-order valence-electron chi connectivity index (χ4n) is 3.83. The molecule has 2 fully saturated rings. The van der Waals surface area contributed by atoms with Crippen molar-refractivity contribution in [2.45, 2.75) is 19.4 Å². The van der Waals surface area contributed by atoms with Gasteiger partial charge < -0.3 is 14.6 Å². The number of para-hydroxylation sites is 1. The van der Waals surface area contributed by atoms with Gasteiger partial charge in [-0.05, 0) is 19.4 Å². The Hall–Kier alpha value is -1.56. The number of rotatable bonds is 2. The molecule has 6 heteroatoms. The Balaban J connectivity index is 1.54. The highest BCUT2D eigenvalue weighted by molar-refractivity contribution is 6.35. The average molecular weight is 348 g/mol. The smallest absolute Gasteiger partial charge is 0.289 e. The third kappa shape index (κ3) is 2.70. The van der Waals surface area contributed by atoms with Crippen LogP contribution in [-0.4, -0.2) is 61.0 Å². The average Bonchev–Trinajstić information content (AvgIpc) is 3.22. The molecule has 24 heavy (non-hydrogen) atoms. The van der Waals surface area contributed by atoms with Gasteiger partial charge in [0.2, 0.25) is 0 Å². The van der Waals surface area contributed by atoms with Gasteiger partial charge >= 0.3 is 0 Å². The summed E-state index contributed by atoms with van der Waals surface area (Å²) in [7, 11) is 0. The largest absolute Gasteiger partial charge is 0.449 e. The maximum atomic E-state index is 12.9. The van der Waals surface area contributed by atoms with Gasteiger partial charge in [-0.3, -0.25) is 9.69 Å². The highest BCUT2D eigenvalue weighted by atomic mass is 35.5. The zero-order valence-electron chi connectivity index (χ0n) is 13.8. The number of hydrogen-bond acceptors (Lipinski definition) is 4. The molecule has 2 aromatic rings. The summed E-state index contributed by atoms with van der Waals surface area (Å²) < 4.78 is 5.84. The molecule has 2 aliphatic heterocycles. The van der Waals surface area contributed by atoms with E-state index >= 15 is 0 Å². The van der Waals surface area contributed by atoms with Crippen LogP contribution in [0.1, 0.15) is 22.5 Å². The highest BCUT2D eigenvalue weighted by Crippen LogP contribution is 2.32.